The van der Waals surface area contributed by atoms with E-state index in [1.165, 1.54) is 0 Å². The van der Waals surface area contributed by atoms with Crippen molar-refractivity contribution in [2.24, 2.45) is 0 Å². The maximum atomic E-state index is 12.6. The summed E-state index contributed by atoms with van der Waals surface area (Å²) in [4.78, 5) is 27.1. The lowest BCUT2D eigenvalue weighted by molar-refractivity contribution is 0.0691. The van der Waals surface area contributed by atoms with E-state index in [4.69, 9.17) is 4.74 Å². The lowest BCUT2D eigenvalue weighted by atomic mass is 10.0. The van der Waals surface area contributed by atoms with Crippen molar-refractivity contribution < 1.29 is 14.3 Å². The standard InChI is InChI=1S/C23H24N4O3/c1-30-20-9-7-17(8-10-20)22(28)25-21-11-14-24-27(21)19-12-15-26(16-13-19)23(29)18-5-3-2-4-6-18/h2-11,14,19H,12-13,15-16H2,1H3,(H,25,28). The molecular formula is C23H24N4O3. The van der Waals surface area contributed by atoms with E-state index in [1.54, 1.807) is 43.6 Å². The fourth-order valence-corrected chi connectivity index (χ4v) is 3.71. The molecule has 1 aromatic heterocycles. The number of carbonyl (C=O) groups is 2. The summed E-state index contributed by atoms with van der Waals surface area (Å²) in [5, 5.41) is 7.36. The van der Waals surface area contributed by atoms with Crippen LogP contribution in [0.4, 0.5) is 5.82 Å². The van der Waals surface area contributed by atoms with E-state index in [9.17, 15) is 9.59 Å². The van der Waals surface area contributed by atoms with Crippen molar-refractivity contribution in [3.05, 3.63) is 78.0 Å². The van der Waals surface area contributed by atoms with E-state index in [1.807, 2.05) is 39.9 Å². The molecule has 0 spiro atoms. The van der Waals surface area contributed by atoms with Crippen LogP contribution in [0.3, 0.4) is 0 Å². The number of likely N-dealkylation sites (tertiary alicyclic amines) is 1. The Balaban J connectivity index is 1.39. The van der Waals surface area contributed by atoms with Gasteiger partial charge in [0.1, 0.15) is 11.6 Å². The molecule has 30 heavy (non-hydrogen) atoms. The van der Waals surface area contributed by atoms with E-state index >= 15 is 0 Å². The van der Waals surface area contributed by atoms with Gasteiger partial charge in [-0.25, -0.2) is 4.68 Å². The molecule has 0 aliphatic carbocycles. The minimum atomic E-state index is -0.198. The number of methoxy groups -OCH3 is 1. The number of anilines is 1. The van der Waals surface area contributed by atoms with Gasteiger partial charge >= 0.3 is 0 Å². The maximum absolute atomic E-state index is 12.6. The van der Waals surface area contributed by atoms with Crippen molar-refractivity contribution in [3.8, 4) is 5.75 Å². The fourth-order valence-electron chi connectivity index (χ4n) is 3.71. The Hall–Kier alpha value is -3.61. The molecule has 1 aliphatic heterocycles. The lowest BCUT2D eigenvalue weighted by Gasteiger charge is -2.32. The molecule has 1 aliphatic rings. The Labute approximate surface area is 175 Å². The van der Waals surface area contributed by atoms with Gasteiger partial charge in [0, 0.05) is 30.3 Å². The van der Waals surface area contributed by atoms with Crippen LogP contribution in [-0.4, -0.2) is 46.7 Å². The van der Waals surface area contributed by atoms with Crippen molar-refractivity contribution in [2.45, 2.75) is 18.9 Å². The molecule has 2 aromatic carbocycles. The zero-order chi connectivity index (χ0) is 20.9. The second-order valence-corrected chi connectivity index (χ2v) is 7.23. The smallest absolute Gasteiger partial charge is 0.256 e. The third-order valence-corrected chi connectivity index (χ3v) is 5.38. The molecule has 3 aromatic rings. The van der Waals surface area contributed by atoms with E-state index in [0.717, 1.165) is 12.8 Å². The first-order valence-electron chi connectivity index (χ1n) is 9.99. The van der Waals surface area contributed by atoms with Crippen molar-refractivity contribution in [2.75, 3.05) is 25.5 Å². The average molecular weight is 404 g/mol. The number of hydrogen-bond donors (Lipinski definition) is 1. The molecular weight excluding hydrogens is 380 g/mol. The molecule has 0 bridgehead atoms. The van der Waals surface area contributed by atoms with Crippen molar-refractivity contribution in [1.29, 1.82) is 0 Å². The van der Waals surface area contributed by atoms with Crippen molar-refractivity contribution >= 4 is 17.6 Å². The number of hydrogen-bond acceptors (Lipinski definition) is 4. The third-order valence-electron chi connectivity index (χ3n) is 5.38. The number of piperidine rings is 1. The van der Waals surface area contributed by atoms with Crippen LogP contribution in [0.1, 0.15) is 39.6 Å². The first-order chi connectivity index (χ1) is 14.7. The van der Waals surface area contributed by atoms with Crippen LogP contribution in [0.2, 0.25) is 0 Å². The minimum Gasteiger partial charge on any atom is -0.497 e. The second kappa shape index (κ2) is 8.82. The highest BCUT2D eigenvalue weighted by atomic mass is 16.5. The number of carbonyl (C=O) groups excluding carboxylic acids is 2. The number of nitrogens with zero attached hydrogens (tertiary/aromatic N) is 3. The predicted molar refractivity (Wildman–Crippen MR) is 114 cm³/mol. The number of benzene rings is 2. The van der Waals surface area contributed by atoms with Gasteiger partial charge in [-0.3, -0.25) is 9.59 Å². The van der Waals surface area contributed by atoms with Crippen LogP contribution in [0.15, 0.2) is 66.9 Å². The average Bonchev–Trinajstić information content (AvgIpc) is 3.27. The summed E-state index contributed by atoms with van der Waals surface area (Å²) in [6.07, 6.45) is 3.25. The topological polar surface area (TPSA) is 76.5 Å². The molecule has 0 atom stereocenters. The summed E-state index contributed by atoms with van der Waals surface area (Å²) in [5.41, 5.74) is 1.26. The Bertz CT molecular complexity index is 1010. The molecule has 1 N–H and O–H groups in total. The zero-order valence-electron chi connectivity index (χ0n) is 16.8. The van der Waals surface area contributed by atoms with Gasteiger partial charge in [0.2, 0.25) is 0 Å². The van der Waals surface area contributed by atoms with Crippen LogP contribution in [0.25, 0.3) is 0 Å². The number of aromatic nitrogens is 2. The Kier molecular flexibility index (Phi) is 5.79. The number of rotatable bonds is 5. The normalized spacial score (nSPS) is 14.4. The highest BCUT2D eigenvalue weighted by molar-refractivity contribution is 6.03. The van der Waals surface area contributed by atoms with Crippen LogP contribution in [0.5, 0.6) is 5.75 Å². The summed E-state index contributed by atoms with van der Waals surface area (Å²) in [6, 6.07) is 18.2. The molecule has 0 saturated carbocycles. The van der Waals surface area contributed by atoms with Crippen LogP contribution in [-0.2, 0) is 0 Å². The van der Waals surface area contributed by atoms with E-state index in [0.29, 0.717) is 35.8 Å². The first kappa shape index (κ1) is 19.7. The predicted octanol–water partition coefficient (Wildman–Crippen LogP) is 3.62. The SMILES string of the molecule is COc1ccc(C(=O)Nc2ccnn2C2CCN(C(=O)c3ccccc3)CC2)cc1. The van der Waals surface area contributed by atoms with E-state index < -0.39 is 0 Å². The second-order valence-electron chi connectivity index (χ2n) is 7.23. The van der Waals surface area contributed by atoms with Gasteiger partial charge < -0.3 is 15.0 Å². The molecule has 7 heteroatoms. The van der Waals surface area contributed by atoms with Crippen molar-refractivity contribution in [1.82, 2.24) is 14.7 Å². The minimum absolute atomic E-state index is 0.0579. The maximum Gasteiger partial charge on any atom is 0.256 e. The zero-order valence-corrected chi connectivity index (χ0v) is 16.8. The van der Waals surface area contributed by atoms with Crippen molar-refractivity contribution in [3.63, 3.8) is 0 Å². The van der Waals surface area contributed by atoms with Crippen LogP contribution < -0.4 is 10.1 Å². The summed E-state index contributed by atoms with van der Waals surface area (Å²) in [7, 11) is 1.59. The Morgan fingerprint density at radius 3 is 2.33 bits per heavy atom. The molecule has 1 saturated heterocycles. The molecule has 0 unspecified atom stereocenters. The Morgan fingerprint density at radius 2 is 1.67 bits per heavy atom. The molecule has 2 heterocycles. The molecule has 0 radical (unpaired) electrons. The van der Waals surface area contributed by atoms with Gasteiger partial charge in [0.25, 0.3) is 11.8 Å². The van der Waals surface area contributed by atoms with Gasteiger partial charge in [-0.15, -0.1) is 0 Å². The van der Waals surface area contributed by atoms with Gasteiger partial charge in [-0.1, -0.05) is 18.2 Å². The molecule has 2 amide bonds. The summed E-state index contributed by atoms with van der Waals surface area (Å²) < 4.78 is 6.99. The largest absolute Gasteiger partial charge is 0.497 e. The van der Waals surface area contributed by atoms with Crippen LogP contribution >= 0.6 is 0 Å². The highest BCUT2D eigenvalue weighted by Crippen LogP contribution is 2.26. The van der Waals surface area contributed by atoms with Gasteiger partial charge in [-0.05, 0) is 49.2 Å². The number of amides is 2. The summed E-state index contributed by atoms with van der Waals surface area (Å²) >= 11 is 0. The molecule has 1 fully saturated rings. The number of ether oxygens (including phenoxy) is 1. The van der Waals surface area contributed by atoms with Gasteiger partial charge in [0.05, 0.1) is 19.3 Å². The quantitative estimate of drug-likeness (QED) is 0.705. The third kappa shape index (κ3) is 4.20. The first-order valence-corrected chi connectivity index (χ1v) is 9.99. The summed E-state index contributed by atoms with van der Waals surface area (Å²) in [5.74, 6) is 1.22. The Morgan fingerprint density at radius 1 is 0.967 bits per heavy atom. The van der Waals surface area contributed by atoms with E-state index in [2.05, 4.69) is 10.4 Å². The number of nitrogens with one attached hydrogen (secondary N) is 1. The highest BCUT2D eigenvalue weighted by Gasteiger charge is 2.26. The monoisotopic (exact) mass is 404 g/mol. The van der Waals surface area contributed by atoms with Gasteiger partial charge in [0.15, 0.2) is 0 Å². The van der Waals surface area contributed by atoms with Gasteiger partial charge in [-0.2, -0.15) is 5.10 Å². The molecule has 154 valence electrons. The fraction of sp³-hybridized carbons (Fsp3) is 0.261. The molecule has 7 nitrogen and oxygen atoms in total. The van der Waals surface area contributed by atoms with Crippen LogP contribution in [0, 0.1) is 0 Å². The van der Waals surface area contributed by atoms with E-state index in [-0.39, 0.29) is 17.9 Å². The summed E-state index contributed by atoms with van der Waals surface area (Å²) in [6.45, 7) is 1.31. The molecule has 4 rings (SSSR count). The lowest BCUT2D eigenvalue weighted by Crippen LogP contribution is -2.39.